The van der Waals surface area contributed by atoms with Crippen molar-refractivity contribution in [3.8, 4) is 0 Å². The standard InChI is InChI=1S/C20H28N4O3/c1-2-3-5-17(14-24(27)15-25)20(26)23-12-10-22(11-13-23)18-7-4-6-16-8-9-21-19(16)18/h4,6-9,15,17,21,27H,2-3,5,10-14H2,1H3. The number of hydrogen-bond donors (Lipinski definition) is 2. The van der Waals surface area contributed by atoms with Gasteiger partial charge in [0, 0.05) is 37.8 Å². The van der Waals surface area contributed by atoms with Gasteiger partial charge in [0.05, 0.1) is 23.7 Å². The molecule has 0 aliphatic carbocycles. The van der Waals surface area contributed by atoms with Crippen LogP contribution in [0.25, 0.3) is 10.9 Å². The third-order valence-corrected chi connectivity index (χ3v) is 5.28. The number of unbranched alkanes of at least 4 members (excludes halogenated alkanes) is 1. The number of carbonyl (C=O) groups excluding carboxylic acids is 2. The van der Waals surface area contributed by atoms with Gasteiger partial charge in [0.15, 0.2) is 0 Å². The number of anilines is 1. The van der Waals surface area contributed by atoms with E-state index in [2.05, 4.69) is 41.1 Å². The molecular weight excluding hydrogens is 344 g/mol. The quantitative estimate of drug-likeness (QED) is 0.424. The van der Waals surface area contributed by atoms with Gasteiger partial charge in [-0.2, -0.15) is 0 Å². The molecule has 0 saturated carbocycles. The van der Waals surface area contributed by atoms with Gasteiger partial charge in [-0.15, -0.1) is 0 Å². The van der Waals surface area contributed by atoms with Crippen molar-refractivity contribution in [2.75, 3.05) is 37.6 Å². The first kappa shape index (κ1) is 19.2. The molecule has 7 heteroatoms. The molecule has 1 atom stereocenters. The van der Waals surface area contributed by atoms with Crippen molar-refractivity contribution < 1.29 is 14.8 Å². The van der Waals surface area contributed by atoms with Crippen LogP contribution in [0, 0.1) is 5.92 Å². The highest BCUT2D eigenvalue weighted by atomic mass is 16.5. The summed E-state index contributed by atoms with van der Waals surface area (Å²) in [6, 6.07) is 8.30. The van der Waals surface area contributed by atoms with Crippen LogP contribution in [0.3, 0.4) is 0 Å². The summed E-state index contributed by atoms with van der Waals surface area (Å²) in [5.41, 5.74) is 2.29. The normalized spacial score (nSPS) is 15.8. The molecule has 1 unspecified atom stereocenters. The van der Waals surface area contributed by atoms with Gasteiger partial charge in [-0.25, -0.2) is 5.06 Å². The number of benzene rings is 1. The van der Waals surface area contributed by atoms with Crippen molar-refractivity contribution in [3.63, 3.8) is 0 Å². The number of H-pyrrole nitrogens is 1. The summed E-state index contributed by atoms with van der Waals surface area (Å²) in [4.78, 5) is 31.1. The third kappa shape index (κ3) is 4.42. The van der Waals surface area contributed by atoms with Crippen LogP contribution in [-0.2, 0) is 9.59 Å². The number of nitrogens with zero attached hydrogens (tertiary/aromatic N) is 3. The van der Waals surface area contributed by atoms with E-state index < -0.39 is 0 Å². The molecule has 2 heterocycles. The van der Waals surface area contributed by atoms with E-state index in [-0.39, 0.29) is 18.4 Å². The second-order valence-electron chi connectivity index (χ2n) is 7.10. The molecule has 2 N–H and O–H groups in total. The Hall–Kier alpha value is -2.54. The molecule has 0 spiro atoms. The molecule has 146 valence electrons. The lowest BCUT2D eigenvalue weighted by Crippen LogP contribution is -2.51. The van der Waals surface area contributed by atoms with Crippen LogP contribution >= 0.6 is 0 Å². The van der Waals surface area contributed by atoms with E-state index in [9.17, 15) is 14.8 Å². The number of hydroxylamine groups is 2. The highest BCUT2D eigenvalue weighted by Gasteiger charge is 2.28. The van der Waals surface area contributed by atoms with Gasteiger partial charge in [-0.1, -0.05) is 31.9 Å². The number of aromatic amines is 1. The number of aromatic nitrogens is 1. The van der Waals surface area contributed by atoms with Crippen LogP contribution < -0.4 is 4.90 Å². The van der Waals surface area contributed by atoms with E-state index in [0.717, 1.165) is 37.1 Å². The van der Waals surface area contributed by atoms with E-state index in [0.29, 0.717) is 31.0 Å². The van der Waals surface area contributed by atoms with E-state index in [1.807, 2.05) is 11.1 Å². The summed E-state index contributed by atoms with van der Waals surface area (Å²) in [5, 5.41) is 11.3. The van der Waals surface area contributed by atoms with Gasteiger partial charge in [0.2, 0.25) is 12.3 Å². The molecule has 1 aromatic heterocycles. The zero-order chi connectivity index (χ0) is 19.2. The first-order valence-corrected chi connectivity index (χ1v) is 9.64. The van der Waals surface area contributed by atoms with Crippen LogP contribution in [0.5, 0.6) is 0 Å². The molecule has 0 bridgehead atoms. The molecule has 1 fully saturated rings. The van der Waals surface area contributed by atoms with Gasteiger partial charge in [0.25, 0.3) is 0 Å². The first-order valence-electron chi connectivity index (χ1n) is 9.64. The molecular formula is C20H28N4O3. The Balaban J connectivity index is 1.63. The van der Waals surface area contributed by atoms with Gasteiger partial charge in [0.1, 0.15) is 0 Å². The summed E-state index contributed by atoms with van der Waals surface area (Å²) in [5.74, 6) is -0.319. The van der Waals surface area contributed by atoms with Crippen LogP contribution in [0.4, 0.5) is 5.69 Å². The summed E-state index contributed by atoms with van der Waals surface area (Å²) < 4.78 is 0. The van der Waals surface area contributed by atoms with Gasteiger partial charge >= 0.3 is 0 Å². The number of nitrogens with one attached hydrogen (secondary N) is 1. The van der Waals surface area contributed by atoms with E-state index in [4.69, 9.17) is 0 Å². The number of fused-ring (bicyclic) bond motifs is 1. The lowest BCUT2D eigenvalue weighted by atomic mass is 9.99. The van der Waals surface area contributed by atoms with Crippen molar-refractivity contribution in [1.82, 2.24) is 14.9 Å². The number of para-hydroxylation sites is 1. The maximum absolute atomic E-state index is 12.9. The SMILES string of the molecule is CCCCC(CN(O)C=O)C(=O)N1CCN(c2cccc3cc[nH]c23)CC1. The van der Waals surface area contributed by atoms with Crippen molar-refractivity contribution in [3.05, 3.63) is 30.5 Å². The number of piperazine rings is 1. The molecule has 1 aliphatic heterocycles. The Morgan fingerprint density at radius 1 is 1.30 bits per heavy atom. The fourth-order valence-corrected chi connectivity index (χ4v) is 3.77. The second-order valence-corrected chi connectivity index (χ2v) is 7.10. The average molecular weight is 372 g/mol. The zero-order valence-electron chi connectivity index (χ0n) is 15.8. The Morgan fingerprint density at radius 2 is 2.07 bits per heavy atom. The third-order valence-electron chi connectivity index (χ3n) is 5.28. The molecule has 1 saturated heterocycles. The Labute approximate surface area is 159 Å². The maximum Gasteiger partial charge on any atom is 0.233 e. The summed E-state index contributed by atoms with van der Waals surface area (Å²) >= 11 is 0. The largest absolute Gasteiger partial charge is 0.366 e. The Kier molecular flexibility index (Phi) is 6.34. The van der Waals surface area contributed by atoms with Crippen LogP contribution in [0.1, 0.15) is 26.2 Å². The monoisotopic (exact) mass is 372 g/mol. The minimum Gasteiger partial charge on any atom is -0.366 e. The molecule has 1 aliphatic rings. The number of carbonyl (C=O) groups is 2. The van der Waals surface area contributed by atoms with Crippen molar-refractivity contribution in [2.45, 2.75) is 26.2 Å². The van der Waals surface area contributed by atoms with Gasteiger partial charge < -0.3 is 14.8 Å². The zero-order valence-corrected chi connectivity index (χ0v) is 15.8. The van der Waals surface area contributed by atoms with Crippen molar-refractivity contribution in [2.24, 2.45) is 5.92 Å². The Morgan fingerprint density at radius 3 is 2.78 bits per heavy atom. The molecule has 1 aromatic carbocycles. The van der Waals surface area contributed by atoms with Crippen LogP contribution in [-0.4, -0.2) is 65.2 Å². The Bertz CT molecular complexity index is 767. The lowest BCUT2D eigenvalue weighted by Gasteiger charge is -2.38. The minimum atomic E-state index is -0.349. The minimum absolute atomic E-state index is 0.0297. The van der Waals surface area contributed by atoms with Crippen molar-refractivity contribution >= 4 is 28.9 Å². The van der Waals surface area contributed by atoms with Crippen LogP contribution in [0.15, 0.2) is 30.5 Å². The fraction of sp³-hybridized carbons (Fsp3) is 0.500. The highest BCUT2D eigenvalue weighted by Crippen LogP contribution is 2.26. The van der Waals surface area contributed by atoms with Gasteiger partial charge in [-0.3, -0.25) is 14.8 Å². The molecule has 2 amide bonds. The first-order chi connectivity index (χ1) is 13.1. The number of hydrogen-bond acceptors (Lipinski definition) is 4. The molecule has 3 rings (SSSR count). The second kappa shape index (κ2) is 8.90. The number of rotatable bonds is 8. The van der Waals surface area contributed by atoms with Crippen LogP contribution in [0.2, 0.25) is 0 Å². The van der Waals surface area contributed by atoms with E-state index in [1.54, 1.807) is 0 Å². The maximum atomic E-state index is 12.9. The summed E-state index contributed by atoms with van der Waals surface area (Å²) in [6.45, 7) is 4.94. The molecule has 2 aromatic rings. The van der Waals surface area contributed by atoms with Gasteiger partial charge in [-0.05, 0) is 18.6 Å². The van der Waals surface area contributed by atoms with E-state index in [1.165, 1.54) is 5.39 Å². The summed E-state index contributed by atoms with van der Waals surface area (Å²) in [7, 11) is 0. The lowest BCUT2D eigenvalue weighted by molar-refractivity contribution is -0.157. The fourth-order valence-electron chi connectivity index (χ4n) is 3.77. The smallest absolute Gasteiger partial charge is 0.233 e. The summed E-state index contributed by atoms with van der Waals surface area (Å²) in [6.07, 6.45) is 4.87. The highest BCUT2D eigenvalue weighted by molar-refractivity contribution is 5.91. The average Bonchev–Trinajstić information content (AvgIpc) is 3.19. The number of amides is 2. The predicted molar refractivity (Wildman–Crippen MR) is 105 cm³/mol. The topological polar surface area (TPSA) is 79.9 Å². The predicted octanol–water partition coefficient (Wildman–Crippen LogP) is 2.47. The molecule has 27 heavy (non-hydrogen) atoms. The van der Waals surface area contributed by atoms with Crippen molar-refractivity contribution in [1.29, 1.82) is 0 Å². The molecule has 7 nitrogen and oxygen atoms in total. The van der Waals surface area contributed by atoms with E-state index >= 15 is 0 Å². The molecule has 0 radical (unpaired) electrons.